The Kier molecular flexibility index (Phi) is 6.85. The van der Waals surface area contributed by atoms with E-state index >= 15 is 0 Å². The highest BCUT2D eigenvalue weighted by atomic mass is 32.2. The number of sulfonamides is 1. The highest BCUT2D eigenvalue weighted by Gasteiger charge is 2.30. The van der Waals surface area contributed by atoms with Gasteiger partial charge in [-0.25, -0.2) is 18.4 Å². The number of carbonyl (C=O) groups excluding carboxylic acids is 1. The van der Waals surface area contributed by atoms with Crippen LogP contribution in [0.25, 0.3) is 11.4 Å². The molecular weight excluding hydrogens is 436 g/mol. The van der Waals surface area contributed by atoms with Gasteiger partial charge in [0.25, 0.3) is 5.91 Å². The summed E-state index contributed by atoms with van der Waals surface area (Å²) in [6.45, 7) is 5.39. The maximum Gasteiger partial charge on any atom is 0.257 e. The number of hydrogen-bond acceptors (Lipinski definition) is 5. The highest BCUT2D eigenvalue weighted by Crippen LogP contribution is 2.23. The van der Waals surface area contributed by atoms with Gasteiger partial charge in [0.1, 0.15) is 0 Å². The van der Waals surface area contributed by atoms with Crippen LogP contribution < -0.4 is 0 Å². The minimum Gasteiger partial charge on any atom is -0.336 e. The molecule has 0 N–H and O–H groups in total. The molecular formula is C25H28N4O3S. The maximum atomic E-state index is 13.1. The van der Waals surface area contributed by atoms with Crippen LogP contribution in [0.2, 0.25) is 0 Å². The summed E-state index contributed by atoms with van der Waals surface area (Å²) in [6, 6.07) is 16.7. The summed E-state index contributed by atoms with van der Waals surface area (Å²) < 4.78 is 27.6. The quantitative estimate of drug-likeness (QED) is 0.554. The first-order valence-corrected chi connectivity index (χ1v) is 12.6. The summed E-state index contributed by atoms with van der Waals surface area (Å²) in [4.78, 5) is 23.5. The van der Waals surface area contributed by atoms with Crippen molar-refractivity contribution in [2.24, 2.45) is 0 Å². The van der Waals surface area contributed by atoms with Gasteiger partial charge in [-0.2, -0.15) is 4.31 Å². The molecule has 2 heterocycles. The lowest BCUT2D eigenvalue weighted by atomic mass is 9.99. The first kappa shape index (κ1) is 23.1. The number of carbonyl (C=O) groups is 1. The van der Waals surface area contributed by atoms with E-state index in [2.05, 4.69) is 23.8 Å². The molecule has 0 bridgehead atoms. The summed E-state index contributed by atoms with van der Waals surface area (Å²) in [5, 5.41) is 0. The Hall–Kier alpha value is -3.10. The first-order chi connectivity index (χ1) is 15.9. The monoisotopic (exact) mass is 464 g/mol. The van der Waals surface area contributed by atoms with Crippen molar-refractivity contribution >= 4 is 15.9 Å². The second-order valence-electron chi connectivity index (χ2n) is 8.24. The van der Waals surface area contributed by atoms with E-state index in [9.17, 15) is 13.2 Å². The van der Waals surface area contributed by atoms with Crippen molar-refractivity contribution in [1.82, 2.24) is 19.2 Å². The van der Waals surface area contributed by atoms with Crippen molar-refractivity contribution in [3.8, 4) is 11.4 Å². The molecule has 0 radical (unpaired) electrons. The third-order valence-electron chi connectivity index (χ3n) is 6.16. The van der Waals surface area contributed by atoms with Crippen molar-refractivity contribution in [3.05, 3.63) is 78.1 Å². The van der Waals surface area contributed by atoms with Gasteiger partial charge in [-0.15, -0.1) is 0 Å². The van der Waals surface area contributed by atoms with Crippen LogP contribution in [0.3, 0.4) is 0 Å². The number of hydrogen-bond donors (Lipinski definition) is 0. The van der Waals surface area contributed by atoms with Gasteiger partial charge >= 0.3 is 0 Å². The van der Waals surface area contributed by atoms with E-state index in [1.54, 1.807) is 17.0 Å². The minimum atomic E-state index is -3.59. The van der Waals surface area contributed by atoms with Crippen LogP contribution in [0.5, 0.6) is 0 Å². The van der Waals surface area contributed by atoms with Gasteiger partial charge in [-0.05, 0) is 30.0 Å². The van der Waals surface area contributed by atoms with E-state index in [4.69, 9.17) is 0 Å². The van der Waals surface area contributed by atoms with Crippen molar-refractivity contribution in [2.45, 2.75) is 31.1 Å². The van der Waals surface area contributed by atoms with Gasteiger partial charge in [-0.1, -0.05) is 56.3 Å². The molecule has 1 aliphatic heterocycles. The van der Waals surface area contributed by atoms with Crippen LogP contribution in [0.15, 0.2) is 71.9 Å². The van der Waals surface area contributed by atoms with Crippen LogP contribution in [-0.4, -0.2) is 59.7 Å². The summed E-state index contributed by atoms with van der Waals surface area (Å²) >= 11 is 0. The lowest BCUT2D eigenvalue weighted by Gasteiger charge is -2.34. The van der Waals surface area contributed by atoms with Gasteiger partial charge < -0.3 is 4.90 Å². The molecule has 1 unspecified atom stereocenters. The molecule has 1 aromatic heterocycles. The van der Waals surface area contributed by atoms with Crippen molar-refractivity contribution in [1.29, 1.82) is 0 Å². The molecule has 1 amide bonds. The number of nitrogens with zero attached hydrogens (tertiary/aromatic N) is 4. The summed E-state index contributed by atoms with van der Waals surface area (Å²) in [5.74, 6) is 0.758. The molecule has 3 aromatic rings. The zero-order valence-corrected chi connectivity index (χ0v) is 19.7. The smallest absolute Gasteiger partial charge is 0.257 e. The molecule has 172 valence electrons. The molecule has 1 atom stereocenters. The largest absolute Gasteiger partial charge is 0.336 e. The molecule has 0 saturated carbocycles. The van der Waals surface area contributed by atoms with Gasteiger partial charge in [0.05, 0.1) is 10.5 Å². The molecule has 4 rings (SSSR count). The van der Waals surface area contributed by atoms with Crippen LogP contribution in [0.1, 0.15) is 42.1 Å². The predicted octanol–water partition coefficient (Wildman–Crippen LogP) is 3.80. The Morgan fingerprint density at radius 2 is 1.55 bits per heavy atom. The van der Waals surface area contributed by atoms with E-state index in [0.717, 1.165) is 17.5 Å². The fraction of sp³-hybridized carbons (Fsp3) is 0.320. The number of amides is 1. The lowest BCUT2D eigenvalue weighted by molar-refractivity contribution is 0.0697. The van der Waals surface area contributed by atoms with E-state index in [0.29, 0.717) is 35.3 Å². The number of aromatic nitrogens is 2. The van der Waals surface area contributed by atoms with Crippen LogP contribution >= 0.6 is 0 Å². The number of benzene rings is 2. The average molecular weight is 465 g/mol. The van der Waals surface area contributed by atoms with Gasteiger partial charge in [0.15, 0.2) is 5.82 Å². The Morgan fingerprint density at radius 3 is 2.12 bits per heavy atom. The molecule has 8 heteroatoms. The van der Waals surface area contributed by atoms with Crippen molar-refractivity contribution < 1.29 is 13.2 Å². The normalized spacial score (nSPS) is 15.9. The van der Waals surface area contributed by atoms with Crippen molar-refractivity contribution in [2.75, 3.05) is 26.2 Å². The summed E-state index contributed by atoms with van der Waals surface area (Å²) in [7, 11) is -3.59. The van der Waals surface area contributed by atoms with Crippen LogP contribution in [0.4, 0.5) is 0 Å². The zero-order valence-electron chi connectivity index (χ0n) is 18.9. The molecule has 0 aliphatic carbocycles. The molecule has 0 spiro atoms. The SMILES string of the molecule is CCC(C)c1ccc(S(=O)(=O)N2CCN(C(=O)c3cnc(-c4ccccc4)nc3)CC2)cc1. The summed E-state index contributed by atoms with van der Waals surface area (Å²) in [5.41, 5.74) is 2.41. The second kappa shape index (κ2) is 9.80. The number of rotatable bonds is 6. The van der Waals surface area contributed by atoms with E-state index in [1.165, 1.54) is 16.7 Å². The van der Waals surface area contributed by atoms with Crippen LogP contribution in [0, 0.1) is 0 Å². The van der Waals surface area contributed by atoms with E-state index in [-0.39, 0.29) is 19.0 Å². The van der Waals surface area contributed by atoms with Gasteiger partial charge in [0.2, 0.25) is 10.0 Å². The Morgan fingerprint density at radius 1 is 0.939 bits per heavy atom. The molecule has 1 fully saturated rings. The van der Waals surface area contributed by atoms with E-state index < -0.39 is 10.0 Å². The van der Waals surface area contributed by atoms with E-state index in [1.807, 2.05) is 42.5 Å². The molecule has 2 aromatic carbocycles. The number of piperazine rings is 1. The fourth-order valence-electron chi connectivity index (χ4n) is 3.84. The average Bonchev–Trinajstić information content (AvgIpc) is 2.88. The minimum absolute atomic E-state index is 0.190. The predicted molar refractivity (Wildman–Crippen MR) is 127 cm³/mol. The molecule has 1 saturated heterocycles. The zero-order chi connectivity index (χ0) is 23.4. The Balaban J connectivity index is 1.39. The fourth-order valence-corrected chi connectivity index (χ4v) is 5.26. The third-order valence-corrected chi connectivity index (χ3v) is 8.07. The Bertz CT molecular complexity index is 1190. The first-order valence-electron chi connectivity index (χ1n) is 11.2. The highest BCUT2D eigenvalue weighted by molar-refractivity contribution is 7.89. The molecule has 33 heavy (non-hydrogen) atoms. The van der Waals surface area contributed by atoms with Gasteiger partial charge in [-0.3, -0.25) is 4.79 Å². The van der Waals surface area contributed by atoms with Gasteiger partial charge in [0, 0.05) is 44.1 Å². The standard InChI is InChI=1S/C25H28N4O3S/c1-3-19(2)20-9-11-23(12-10-20)33(31,32)29-15-13-28(14-16-29)25(30)22-17-26-24(27-18-22)21-7-5-4-6-8-21/h4-12,17-19H,3,13-16H2,1-2H3. The molecule has 7 nitrogen and oxygen atoms in total. The van der Waals surface area contributed by atoms with Crippen molar-refractivity contribution in [3.63, 3.8) is 0 Å². The third kappa shape index (κ3) is 4.96. The Labute approximate surface area is 195 Å². The second-order valence-corrected chi connectivity index (χ2v) is 10.2. The summed E-state index contributed by atoms with van der Waals surface area (Å²) in [6.07, 6.45) is 4.06. The topological polar surface area (TPSA) is 83.5 Å². The molecule has 1 aliphatic rings. The maximum absolute atomic E-state index is 13.1. The van der Waals surface area contributed by atoms with Crippen LogP contribution in [-0.2, 0) is 10.0 Å². The lowest BCUT2D eigenvalue weighted by Crippen LogP contribution is -2.50.